The average molecular weight is 264 g/mol. The van der Waals surface area contributed by atoms with E-state index in [-0.39, 0.29) is 5.84 Å². The summed E-state index contributed by atoms with van der Waals surface area (Å²) < 4.78 is 11.1. The molecule has 0 aromatic heterocycles. The third-order valence-corrected chi connectivity index (χ3v) is 3.52. The van der Waals surface area contributed by atoms with Gasteiger partial charge in [0.25, 0.3) is 0 Å². The lowest BCUT2D eigenvalue weighted by Gasteiger charge is -2.14. The molecule has 0 radical (unpaired) electrons. The minimum Gasteiger partial charge on any atom is -0.493 e. The number of benzene rings is 1. The molecule has 5 nitrogen and oxygen atoms in total. The van der Waals surface area contributed by atoms with E-state index in [2.05, 4.69) is 5.16 Å². The highest BCUT2D eigenvalue weighted by Gasteiger charge is 2.16. The van der Waals surface area contributed by atoms with E-state index in [1.165, 1.54) is 25.7 Å². The number of nitrogens with two attached hydrogens (primary N) is 1. The standard InChI is InChI=1S/C14H20N2O3/c1-18-13-8-11(14(15)16-17)6-7-12(13)19-9-10-4-2-3-5-10/h6-8,10,17H,2-5,9H2,1H3,(H2,15,16). The van der Waals surface area contributed by atoms with Crippen molar-refractivity contribution in [2.75, 3.05) is 13.7 Å². The van der Waals surface area contributed by atoms with Crippen molar-refractivity contribution in [1.29, 1.82) is 0 Å². The van der Waals surface area contributed by atoms with Crippen molar-refractivity contribution in [3.8, 4) is 11.5 Å². The maximum absolute atomic E-state index is 8.66. The van der Waals surface area contributed by atoms with Crippen LogP contribution in [0.5, 0.6) is 11.5 Å². The number of ether oxygens (including phenoxy) is 2. The highest BCUT2D eigenvalue weighted by atomic mass is 16.5. The molecule has 104 valence electrons. The van der Waals surface area contributed by atoms with Gasteiger partial charge in [0.2, 0.25) is 0 Å². The summed E-state index contributed by atoms with van der Waals surface area (Å²) in [6.45, 7) is 0.722. The molecule has 1 aromatic rings. The zero-order valence-electron chi connectivity index (χ0n) is 11.1. The van der Waals surface area contributed by atoms with Crippen molar-refractivity contribution in [3.63, 3.8) is 0 Å². The highest BCUT2D eigenvalue weighted by molar-refractivity contribution is 5.97. The van der Waals surface area contributed by atoms with E-state index in [1.54, 1.807) is 25.3 Å². The molecule has 2 rings (SSSR count). The summed E-state index contributed by atoms with van der Waals surface area (Å²) in [5, 5.41) is 11.6. The molecule has 1 aliphatic carbocycles. The Morgan fingerprint density at radius 2 is 2.11 bits per heavy atom. The molecule has 1 aromatic carbocycles. The third-order valence-electron chi connectivity index (χ3n) is 3.52. The molecule has 3 N–H and O–H groups in total. The van der Waals surface area contributed by atoms with Crippen molar-refractivity contribution in [2.45, 2.75) is 25.7 Å². The Kier molecular flexibility index (Phi) is 4.49. The van der Waals surface area contributed by atoms with Gasteiger partial charge < -0.3 is 20.4 Å². The molecule has 5 heteroatoms. The number of nitrogens with zero attached hydrogens (tertiary/aromatic N) is 1. The number of hydrogen-bond donors (Lipinski definition) is 2. The highest BCUT2D eigenvalue weighted by Crippen LogP contribution is 2.31. The van der Waals surface area contributed by atoms with Gasteiger partial charge in [-0.2, -0.15) is 0 Å². The first-order valence-corrected chi connectivity index (χ1v) is 6.53. The first kappa shape index (κ1) is 13.5. The van der Waals surface area contributed by atoms with Gasteiger partial charge in [-0.25, -0.2) is 0 Å². The number of hydrogen-bond acceptors (Lipinski definition) is 4. The summed E-state index contributed by atoms with van der Waals surface area (Å²) in [6.07, 6.45) is 5.08. The molecular weight excluding hydrogens is 244 g/mol. The Morgan fingerprint density at radius 1 is 1.37 bits per heavy atom. The van der Waals surface area contributed by atoms with Gasteiger partial charge in [0.15, 0.2) is 17.3 Å². The van der Waals surface area contributed by atoms with Crippen LogP contribution in [0.25, 0.3) is 0 Å². The molecule has 0 spiro atoms. The van der Waals surface area contributed by atoms with Gasteiger partial charge >= 0.3 is 0 Å². The number of amidine groups is 1. The lowest BCUT2D eigenvalue weighted by atomic mass is 10.1. The second kappa shape index (κ2) is 6.31. The van der Waals surface area contributed by atoms with Gasteiger partial charge in [0, 0.05) is 5.56 Å². The molecule has 0 atom stereocenters. The number of oxime groups is 1. The van der Waals surface area contributed by atoms with Crippen LogP contribution in [0.15, 0.2) is 23.4 Å². The van der Waals surface area contributed by atoms with Crippen molar-refractivity contribution in [1.82, 2.24) is 0 Å². The van der Waals surface area contributed by atoms with E-state index in [1.807, 2.05) is 0 Å². The fourth-order valence-corrected chi connectivity index (χ4v) is 2.39. The number of methoxy groups -OCH3 is 1. The van der Waals surface area contributed by atoms with E-state index in [0.717, 1.165) is 6.61 Å². The van der Waals surface area contributed by atoms with Gasteiger partial charge in [-0.05, 0) is 37.0 Å². The molecule has 1 fully saturated rings. The van der Waals surface area contributed by atoms with E-state index in [4.69, 9.17) is 20.4 Å². The Balaban J connectivity index is 2.07. The average Bonchev–Trinajstić information content (AvgIpc) is 2.97. The van der Waals surface area contributed by atoms with Crippen LogP contribution < -0.4 is 15.2 Å². The van der Waals surface area contributed by atoms with Crippen LogP contribution in [0.3, 0.4) is 0 Å². The first-order valence-electron chi connectivity index (χ1n) is 6.53. The molecule has 0 saturated heterocycles. The van der Waals surface area contributed by atoms with Crippen LogP contribution in [0.4, 0.5) is 0 Å². The molecule has 0 aliphatic heterocycles. The largest absolute Gasteiger partial charge is 0.493 e. The maximum atomic E-state index is 8.66. The first-order chi connectivity index (χ1) is 9.24. The summed E-state index contributed by atoms with van der Waals surface area (Å²) in [6, 6.07) is 5.25. The van der Waals surface area contributed by atoms with E-state index in [0.29, 0.717) is 23.0 Å². The molecular formula is C14H20N2O3. The SMILES string of the molecule is COc1cc(C(N)=NO)ccc1OCC1CCCC1. The molecule has 19 heavy (non-hydrogen) atoms. The lowest BCUT2D eigenvalue weighted by Crippen LogP contribution is -2.13. The predicted molar refractivity (Wildman–Crippen MR) is 73.0 cm³/mol. The molecule has 0 unspecified atom stereocenters. The van der Waals surface area contributed by atoms with Crippen LogP contribution in [0.1, 0.15) is 31.2 Å². The Labute approximate surface area is 113 Å². The molecule has 0 heterocycles. The molecule has 0 bridgehead atoms. The van der Waals surface area contributed by atoms with Crippen molar-refractivity contribution < 1.29 is 14.7 Å². The van der Waals surface area contributed by atoms with Gasteiger partial charge in [-0.1, -0.05) is 18.0 Å². The van der Waals surface area contributed by atoms with Crippen LogP contribution in [0, 0.1) is 5.92 Å². The Hall–Kier alpha value is -1.91. The Morgan fingerprint density at radius 3 is 2.74 bits per heavy atom. The lowest BCUT2D eigenvalue weighted by molar-refractivity contribution is 0.240. The fraction of sp³-hybridized carbons (Fsp3) is 0.500. The second-order valence-corrected chi connectivity index (χ2v) is 4.81. The minimum absolute atomic E-state index is 0.0562. The van der Waals surface area contributed by atoms with Crippen molar-refractivity contribution in [2.24, 2.45) is 16.8 Å². The van der Waals surface area contributed by atoms with E-state index >= 15 is 0 Å². The monoisotopic (exact) mass is 264 g/mol. The zero-order valence-corrected chi connectivity index (χ0v) is 11.1. The summed E-state index contributed by atoms with van der Waals surface area (Å²) in [5.74, 6) is 2.00. The van der Waals surface area contributed by atoms with Crippen LogP contribution in [-0.2, 0) is 0 Å². The molecule has 0 amide bonds. The van der Waals surface area contributed by atoms with Crippen LogP contribution in [-0.4, -0.2) is 24.8 Å². The number of rotatable bonds is 5. The van der Waals surface area contributed by atoms with Gasteiger partial charge in [0.1, 0.15) is 0 Å². The smallest absolute Gasteiger partial charge is 0.170 e. The van der Waals surface area contributed by atoms with E-state index in [9.17, 15) is 0 Å². The van der Waals surface area contributed by atoms with Crippen molar-refractivity contribution in [3.05, 3.63) is 23.8 Å². The maximum Gasteiger partial charge on any atom is 0.170 e. The summed E-state index contributed by atoms with van der Waals surface area (Å²) in [5.41, 5.74) is 6.15. The van der Waals surface area contributed by atoms with Crippen LogP contribution in [0.2, 0.25) is 0 Å². The summed E-state index contributed by atoms with van der Waals surface area (Å²) in [7, 11) is 1.58. The predicted octanol–water partition coefficient (Wildman–Crippen LogP) is 2.36. The Bertz CT molecular complexity index is 454. The van der Waals surface area contributed by atoms with Gasteiger partial charge in [-0.15, -0.1) is 0 Å². The minimum atomic E-state index is 0.0562. The normalized spacial score (nSPS) is 16.6. The third kappa shape index (κ3) is 3.30. The summed E-state index contributed by atoms with van der Waals surface area (Å²) in [4.78, 5) is 0. The summed E-state index contributed by atoms with van der Waals surface area (Å²) >= 11 is 0. The zero-order chi connectivity index (χ0) is 13.7. The topological polar surface area (TPSA) is 77.1 Å². The van der Waals surface area contributed by atoms with Crippen LogP contribution >= 0.6 is 0 Å². The fourth-order valence-electron chi connectivity index (χ4n) is 2.39. The quantitative estimate of drug-likeness (QED) is 0.370. The van der Waals surface area contributed by atoms with E-state index < -0.39 is 0 Å². The molecule has 1 saturated carbocycles. The second-order valence-electron chi connectivity index (χ2n) is 4.81. The van der Waals surface area contributed by atoms with Gasteiger partial charge in [0.05, 0.1) is 13.7 Å². The van der Waals surface area contributed by atoms with Crippen molar-refractivity contribution >= 4 is 5.84 Å². The van der Waals surface area contributed by atoms with Gasteiger partial charge in [-0.3, -0.25) is 0 Å². The molecule has 1 aliphatic rings.